The quantitative estimate of drug-likeness (QED) is 0.626. The Morgan fingerprint density at radius 1 is 0.964 bits per heavy atom. The minimum absolute atomic E-state index is 0.104. The van der Waals surface area contributed by atoms with Gasteiger partial charge < -0.3 is 19.8 Å². The second-order valence-electron chi connectivity index (χ2n) is 6.54. The first-order valence-electron chi connectivity index (χ1n) is 8.99. The van der Waals surface area contributed by atoms with Crippen molar-refractivity contribution in [2.24, 2.45) is 0 Å². The molecule has 0 saturated heterocycles. The summed E-state index contributed by atoms with van der Waals surface area (Å²) in [5.41, 5.74) is 2.16. The first-order valence-corrected chi connectivity index (χ1v) is 8.99. The highest BCUT2D eigenvalue weighted by Crippen LogP contribution is 2.25. The zero-order valence-electron chi connectivity index (χ0n) is 15.8. The van der Waals surface area contributed by atoms with Gasteiger partial charge in [-0.05, 0) is 47.9 Å². The Kier molecular flexibility index (Phi) is 6.11. The second-order valence-corrected chi connectivity index (χ2v) is 6.54. The van der Waals surface area contributed by atoms with Crippen molar-refractivity contribution in [3.63, 3.8) is 0 Å². The summed E-state index contributed by atoms with van der Waals surface area (Å²) < 4.78 is 10.7. The molecule has 3 aromatic rings. The van der Waals surface area contributed by atoms with E-state index < -0.39 is 0 Å². The fourth-order valence-corrected chi connectivity index (χ4v) is 2.70. The van der Waals surface area contributed by atoms with Gasteiger partial charge in [-0.3, -0.25) is 9.59 Å². The van der Waals surface area contributed by atoms with E-state index >= 15 is 0 Å². The smallest absolute Gasteiger partial charge is 0.291 e. The molecular formula is C22H22N2O4. The van der Waals surface area contributed by atoms with E-state index in [2.05, 4.69) is 24.5 Å². The summed E-state index contributed by atoms with van der Waals surface area (Å²) in [6, 6.07) is 17.8. The van der Waals surface area contributed by atoms with Crippen LogP contribution in [-0.2, 0) is 4.79 Å². The molecule has 3 rings (SSSR count). The Hall–Kier alpha value is -3.54. The number of hydrogen-bond donors (Lipinski definition) is 2. The van der Waals surface area contributed by atoms with E-state index in [1.807, 2.05) is 24.3 Å². The molecule has 0 aliphatic heterocycles. The van der Waals surface area contributed by atoms with E-state index in [0.29, 0.717) is 23.0 Å². The van der Waals surface area contributed by atoms with E-state index in [4.69, 9.17) is 9.15 Å². The third-order valence-electron chi connectivity index (χ3n) is 4.05. The van der Waals surface area contributed by atoms with Crippen LogP contribution in [0.4, 0.5) is 11.4 Å². The van der Waals surface area contributed by atoms with Crippen LogP contribution in [0.2, 0.25) is 0 Å². The van der Waals surface area contributed by atoms with Crippen LogP contribution in [-0.4, -0.2) is 18.4 Å². The SMILES string of the molecule is CC(C)c1ccccc1OCC(=O)Nc1cccc(NC(=O)c2ccco2)c1. The van der Waals surface area contributed by atoms with Gasteiger partial charge in [0.2, 0.25) is 0 Å². The van der Waals surface area contributed by atoms with Gasteiger partial charge in [-0.1, -0.05) is 38.1 Å². The van der Waals surface area contributed by atoms with E-state index in [0.717, 1.165) is 5.56 Å². The molecule has 6 heteroatoms. The predicted molar refractivity (Wildman–Crippen MR) is 108 cm³/mol. The van der Waals surface area contributed by atoms with Crippen molar-refractivity contribution in [2.75, 3.05) is 17.2 Å². The van der Waals surface area contributed by atoms with Gasteiger partial charge in [0, 0.05) is 11.4 Å². The first-order chi connectivity index (χ1) is 13.5. The highest BCUT2D eigenvalue weighted by molar-refractivity contribution is 6.02. The maximum atomic E-state index is 12.2. The third kappa shape index (κ3) is 5.01. The minimum atomic E-state index is -0.359. The summed E-state index contributed by atoms with van der Waals surface area (Å²) >= 11 is 0. The van der Waals surface area contributed by atoms with Crippen molar-refractivity contribution in [3.8, 4) is 5.75 Å². The molecule has 6 nitrogen and oxygen atoms in total. The van der Waals surface area contributed by atoms with Crippen LogP contribution >= 0.6 is 0 Å². The van der Waals surface area contributed by atoms with Crippen molar-refractivity contribution >= 4 is 23.2 Å². The highest BCUT2D eigenvalue weighted by Gasteiger charge is 2.11. The molecule has 0 unspecified atom stereocenters. The zero-order valence-corrected chi connectivity index (χ0v) is 15.8. The molecule has 0 radical (unpaired) electrons. The Morgan fingerprint density at radius 2 is 1.71 bits per heavy atom. The Labute approximate surface area is 163 Å². The summed E-state index contributed by atoms with van der Waals surface area (Å²) in [5.74, 6) is 0.572. The molecule has 0 aliphatic rings. The largest absolute Gasteiger partial charge is 0.483 e. The Bertz CT molecular complexity index is 949. The number of ether oxygens (including phenoxy) is 1. The number of hydrogen-bond acceptors (Lipinski definition) is 4. The lowest BCUT2D eigenvalue weighted by molar-refractivity contribution is -0.118. The van der Waals surface area contributed by atoms with Crippen molar-refractivity contribution < 1.29 is 18.7 Å². The van der Waals surface area contributed by atoms with Gasteiger partial charge >= 0.3 is 0 Å². The van der Waals surface area contributed by atoms with Gasteiger partial charge in [0.25, 0.3) is 11.8 Å². The topological polar surface area (TPSA) is 80.6 Å². The van der Waals surface area contributed by atoms with Crippen LogP contribution < -0.4 is 15.4 Å². The average Bonchev–Trinajstić information content (AvgIpc) is 3.22. The fraction of sp³-hybridized carbons (Fsp3) is 0.182. The zero-order chi connectivity index (χ0) is 19.9. The van der Waals surface area contributed by atoms with Crippen LogP contribution in [0.1, 0.15) is 35.9 Å². The number of anilines is 2. The van der Waals surface area contributed by atoms with Gasteiger partial charge in [0.15, 0.2) is 12.4 Å². The minimum Gasteiger partial charge on any atom is -0.483 e. The molecule has 0 spiro atoms. The van der Waals surface area contributed by atoms with Crippen molar-refractivity contribution in [1.29, 1.82) is 0 Å². The lowest BCUT2D eigenvalue weighted by Gasteiger charge is -2.14. The molecular weight excluding hydrogens is 356 g/mol. The van der Waals surface area contributed by atoms with E-state index in [1.54, 1.807) is 36.4 Å². The van der Waals surface area contributed by atoms with Crippen LogP contribution in [0, 0.1) is 0 Å². The molecule has 0 saturated carbocycles. The van der Waals surface area contributed by atoms with Crippen molar-refractivity contribution in [3.05, 3.63) is 78.3 Å². The van der Waals surface area contributed by atoms with Crippen LogP contribution in [0.15, 0.2) is 71.3 Å². The van der Waals surface area contributed by atoms with Crippen LogP contribution in [0.5, 0.6) is 5.75 Å². The molecule has 1 heterocycles. The number of benzene rings is 2. The van der Waals surface area contributed by atoms with Gasteiger partial charge in [-0.25, -0.2) is 0 Å². The summed E-state index contributed by atoms with van der Waals surface area (Å²) in [6.45, 7) is 4.04. The lowest BCUT2D eigenvalue weighted by Crippen LogP contribution is -2.20. The number of rotatable bonds is 7. The number of furan rings is 1. The van der Waals surface area contributed by atoms with Crippen molar-refractivity contribution in [1.82, 2.24) is 0 Å². The lowest BCUT2D eigenvalue weighted by atomic mass is 10.0. The monoisotopic (exact) mass is 378 g/mol. The summed E-state index contributed by atoms with van der Waals surface area (Å²) in [7, 11) is 0. The standard InChI is InChI=1S/C22H22N2O4/c1-15(2)18-9-3-4-10-19(18)28-14-21(25)23-16-7-5-8-17(13-16)24-22(26)20-11-6-12-27-20/h3-13,15H,14H2,1-2H3,(H,23,25)(H,24,26). The van der Waals surface area contributed by atoms with E-state index in [1.165, 1.54) is 6.26 Å². The van der Waals surface area contributed by atoms with Crippen molar-refractivity contribution in [2.45, 2.75) is 19.8 Å². The number of amides is 2. The maximum absolute atomic E-state index is 12.2. The molecule has 2 N–H and O–H groups in total. The number of carbonyl (C=O) groups is 2. The Morgan fingerprint density at radius 3 is 2.43 bits per heavy atom. The first kappa shape index (κ1) is 19.2. The summed E-state index contributed by atoms with van der Waals surface area (Å²) in [5, 5.41) is 5.49. The van der Waals surface area contributed by atoms with Gasteiger partial charge in [0.05, 0.1) is 6.26 Å². The highest BCUT2D eigenvalue weighted by atomic mass is 16.5. The Balaban J connectivity index is 1.58. The summed E-state index contributed by atoms with van der Waals surface area (Å²) in [6.07, 6.45) is 1.43. The second kappa shape index (κ2) is 8.90. The molecule has 0 bridgehead atoms. The molecule has 144 valence electrons. The molecule has 2 aromatic carbocycles. The van der Waals surface area contributed by atoms with E-state index in [9.17, 15) is 9.59 Å². The van der Waals surface area contributed by atoms with Gasteiger partial charge in [-0.15, -0.1) is 0 Å². The molecule has 0 aliphatic carbocycles. The molecule has 28 heavy (non-hydrogen) atoms. The maximum Gasteiger partial charge on any atom is 0.291 e. The fourth-order valence-electron chi connectivity index (χ4n) is 2.70. The number of para-hydroxylation sites is 1. The number of nitrogens with one attached hydrogen (secondary N) is 2. The number of carbonyl (C=O) groups excluding carboxylic acids is 2. The van der Waals surface area contributed by atoms with Crippen LogP contribution in [0.25, 0.3) is 0 Å². The van der Waals surface area contributed by atoms with Gasteiger partial charge in [0.1, 0.15) is 5.75 Å². The molecule has 1 aromatic heterocycles. The van der Waals surface area contributed by atoms with Gasteiger partial charge in [-0.2, -0.15) is 0 Å². The predicted octanol–water partition coefficient (Wildman–Crippen LogP) is 4.67. The molecule has 2 amide bonds. The molecule has 0 atom stereocenters. The third-order valence-corrected chi connectivity index (χ3v) is 4.05. The average molecular weight is 378 g/mol. The van der Waals surface area contributed by atoms with Crippen LogP contribution in [0.3, 0.4) is 0 Å². The van der Waals surface area contributed by atoms with E-state index in [-0.39, 0.29) is 24.2 Å². The normalized spacial score (nSPS) is 10.5. The molecule has 0 fully saturated rings. The summed E-state index contributed by atoms with van der Waals surface area (Å²) in [4.78, 5) is 24.3.